The highest BCUT2D eigenvalue weighted by Crippen LogP contribution is 2.33. The highest BCUT2D eigenvalue weighted by atomic mass is 19.1. The van der Waals surface area contributed by atoms with Crippen molar-refractivity contribution < 1.29 is 18.4 Å². The van der Waals surface area contributed by atoms with Crippen LogP contribution in [-0.2, 0) is 6.54 Å². The van der Waals surface area contributed by atoms with Crippen LogP contribution in [0.3, 0.4) is 0 Å². The lowest BCUT2D eigenvalue weighted by Crippen LogP contribution is -1.97. The Labute approximate surface area is 103 Å². The van der Waals surface area contributed by atoms with Crippen LogP contribution in [0.1, 0.15) is 5.89 Å². The summed E-state index contributed by atoms with van der Waals surface area (Å²) in [6, 6.07) is 2.64. The molecule has 0 bridgehead atoms. The first-order valence-corrected chi connectivity index (χ1v) is 5.14. The van der Waals surface area contributed by atoms with Gasteiger partial charge in [-0.15, -0.1) is 0 Å². The van der Waals surface area contributed by atoms with Gasteiger partial charge in [0.25, 0.3) is 0 Å². The van der Waals surface area contributed by atoms with Gasteiger partial charge >= 0.3 is 0 Å². The van der Waals surface area contributed by atoms with E-state index in [-0.39, 0.29) is 24.0 Å². The molecule has 1 heterocycles. The van der Waals surface area contributed by atoms with Gasteiger partial charge in [0.1, 0.15) is 5.75 Å². The molecule has 7 heteroatoms. The van der Waals surface area contributed by atoms with Crippen LogP contribution in [0.5, 0.6) is 11.5 Å². The van der Waals surface area contributed by atoms with Crippen molar-refractivity contribution in [2.75, 3.05) is 14.2 Å². The van der Waals surface area contributed by atoms with E-state index in [1.165, 1.54) is 26.4 Å². The van der Waals surface area contributed by atoms with Gasteiger partial charge in [0.15, 0.2) is 11.6 Å². The van der Waals surface area contributed by atoms with Crippen LogP contribution >= 0.6 is 0 Å². The minimum absolute atomic E-state index is 0.0816. The smallest absolute Gasteiger partial charge is 0.240 e. The zero-order valence-corrected chi connectivity index (χ0v) is 9.94. The molecule has 1 aromatic carbocycles. The van der Waals surface area contributed by atoms with Crippen molar-refractivity contribution in [3.63, 3.8) is 0 Å². The third kappa shape index (κ3) is 2.12. The number of rotatable bonds is 4. The van der Waals surface area contributed by atoms with E-state index in [1.807, 2.05) is 0 Å². The summed E-state index contributed by atoms with van der Waals surface area (Å²) in [7, 11) is 2.83. The first-order chi connectivity index (χ1) is 8.69. The zero-order valence-electron chi connectivity index (χ0n) is 9.94. The summed E-state index contributed by atoms with van der Waals surface area (Å²) >= 11 is 0. The van der Waals surface area contributed by atoms with Crippen molar-refractivity contribution in [2.45, 2.75) is 6.54 Å². The van der Waals surface area contributed by atoms with Crippen molar-refractivity contribution in [1.82, 2.24) is 10.1 Å². The third-order valence-electron chi connectivity index (χ3n) is 2.36. The fraction of sp³-hybridized carbons (Fsp3) is 0.273. The molecular weight excluding hydrogens is 241 g/mol. The van der Waals surface area contributed by atoms with Gasteiger partial charge in [-0.1, -0.05) is 5.16 Å². The lowest BCUT2D eigenvalue weighted by Gasteiger charge is -2.08. The quantitative estimate of drug-likeness (QED) is 0.885. The fourth-order valence-electron chi connectivity index (χ4n) is 1.48. The lowest BCUT2D eigenvalue weighted by atomic mass is 10.1. The number of aromatic nitrogens is 2. The van der Waals surface area contributed by atoms with Crippen LogP contribution in [0.25, 0.3) is 11.4 Å². The summed E-state index contributed by atoms with van der Waals surface area (Å²) in [5.74, 6) is 0.417. The third-order valence-corrected chi connectivity index (χ3v) is 2.36. The molecule has 0 aliphatic carbocycles. The summed E-state index contributed by atoms with van der Waals surface area (Å²) < 4.78 is 28.5. The molecule has 18 heavy (non-hydrogen) atoms. The molecular formula is C11H12FN3O3. The van der Waals surface area contributed by atoms with Crippen LogP contribution in [0, 0.1) is 5.82 Å². The summed E-state index contributed by atoms with van der Waals surface area (Å²) in [5, 5.41) is 3.71. The highest BCUT2D eigenvalue weighted by molar-refractivity contribution is 5.65. The first-order valence-electron chi connectivity index (χ1n) is 5.14. The van der Waals surface area contributed by atoms with E-state index < -0.39 is 5.82 Å². The molecule has 2 aromatic rings. The Bertz CT molecular complexity index is 556. The molecule has 2 N–H and O–H groups in total. The van der Waals surface area contributed by atoms with Crippen LogP contribution in [0.4, 0.5) is 4.39 Å². The van der Waals surface area contributed by atoms with E-state index in [0.29, 0.717) is 11.3 Å². The number of nitrogens with two attached hydrogens (primary N) is 1. The highest BCUT2D eigenvalue weighted by Gasteiger charge is 2.17. The van der Waals surface area contributed by atoms with Gasteiger partial charge in [0.2, 0.25) is 11.7 Å². The Hall–Kier alpha value is -2.15. The molecule has 1 aromatic heterocycles. The predicted octanol–water partition coefficient (Wildman–Crippen LogP) is 1.35. The lowest BCUT2D eigenvalue weighted by molar-refractivity contribution is 0.372. The maximum Gasteiger partial charge on any atom is 0.240 e. The zero-order chi connectivity index (χ0) is 13.1. The van der Waals surface area contributed by atoms with E-state index in [2.05, 4.69) is 10.1 Å². The van der Waals surface area contributed by atoms with Gasteiger partial charge in [-0.3, -0.25) is 0 Å². The van der Waals surface area contributed by atoms with E-state index in [4.69, 9.17) is 19.7 Å². The maximum absolute atomic E-state index is 13.6. The molecule has 0 atom stereocenters. The molecule has 0 fully saturated rings. The molecule has 0 saturated carbocycles. The number of ether oxygens (including phenoxy) is 2. The first kappa shape index (κ1) is 12.3. The van der Waals surface area contributed by atoms with Crippen molar-refractivity contribution in [1.29, 1.82) is 0 Å². The van der Waals surface area contributed by atoms with Crippen LogP contribution < -0.4 is 15.2 Å². The molecule has 6 nitrogen and oxygen atoms in total. The van der Waals surface area contributed by atoms with E-state index >= 15 is 0 Å². The Morgan fingerprint density at radius 3 is 2.56 bits per heavy atom. The van der Waals surface area contributed by atoms with Crippen LogP contribution in [0.2, 0.25) is 0 Å². The fourth-order valence-corrected chi connectivity index (χ4v) is 1.48. The number of hydrogen-bond acceptors (Lipinski definition) is 6. The number of nitrogens with zero attached hydrogens (tertiary/aromatic N) is 2. The van der Waals surface area contributed by atoms with E-state index in [0.717, 1.165) is 0 Å². The van der Waals surface area contributed by atoms with E-state index in [1.54, 1.807) is 0 Å². The second-order valence-corrected chi connectivity index (χ2v) is 3.40. The number of methoxy groups -OCH3 is 2. The summed E-state index contributed by atoms with van der Waals surface area (Å²) in [6.45, 7) is 0.119. The minimum atomic E-state index is -0.535. The monoisotopic (exact) mass is 253 g/mol. The van der Waals surface area contributed by atoms with Crippen LogP contribution in [-0.4, -0.2) is 24.4 Å². The van der Waals surface area contributed by atoms with Crippen molar-refractivity contribution >= 4 is 0 Å². The number of halogens is 1. The van der Waals surface area contributed by atoms with Crippen molar-refractivity contribution in [3.05, 3.63) is 23.8 Å². The van der Waals surface area contributed by atoms with Gasteiger partial charge in [-0.25, -0.2) is 4.39 Å². The van der Waals surface area contributed by atoms with Crippen molar-refractivity contribution in [2.24, 2.45) is 5.73 Å². The number of benzene rings is 1. The minimum Gasteiger partial charge on any atom is -0.496 e. The summed E-state index contributed by atoms with van der Waals surface area (Å²) in [6.07, 6.45) is 0. The standard InChI is InChI=1S/C11H12FN3O3/c1-16-8-4-9(17-2)7(12)3-6(8)11-14-10(5-13)18-15-11/h3-4H,5,13H2,1-2H3. The normalized spacial score (nSPS) is 10.4. The second kappa shape index (κ2) is 5.01. The molecule has 0 saturated heterocycles. The largest absolute Gasteiger partial charge is 0.496 e. The maximum atomic E-state index is 13.6. The predicted molar refractivity (Wildman–Crippen MR) is 60.7 cm³/mol. The van der Waals surface area contributed by atoms with Crippen LogP contribution in [0.15, 0.2) is 16.7 Å². The van der Waals surface area contributed by atoms with E-state index in [9.17, 15) is 4.39 Å². The molecule has 0 aliphatic heterocycles. The molecule has 96 valence electrons. The SMILES string of the molecule is COc1cc(OC)c(-c2noc(CN)n2)cc1F. The van der Waals surface area contributed by atoms with Gasteiger partial charge in [-0.05, 0) is 6.07 Å². The number of hydrogen-bond donors (Lipinski definition) is 1. The average Bonchev–Trinajstić information content (AvgIpc) is 2.87. The van der Waals surface area contributed by atoms with Gasteiger partial charge < -0.3 is 19.7 Å². The Morgan fingerprint density at radius 1 is 1.28 bits per heavy atom. The molecule has 0 spiro atoms. The Balaban J connectivity index is 2.52. The molecule has 0 radical (unpaired) electrons. The van der Waals surface area contributed by atoms with Gasteiger partial charge in [0.05, 0.1) is 26.3 Å². The second-order valence-electron chi connectivity index (χ2n) is 3.40. The summed E-state index contributed by atoms with van der Waals surface area (Å²) in [4.78, 5) is 4.01. The van der Waals surface area contributed by atoms with Gasteiger partial charge in [0, 0.05) is 6.07 Å². The molecule has 2 rings (SSSR count). The summed E-state index contributed by atoms with van der Waals surface area (Å²) in [5.41, 5.74) is 5.74. The van der Waals surface area contributed by atoms with Crippen molar-refractivity contribution in [3.8, 4) is 22.9 Å². The molecule has 0 unspecified atom stereocenters. The molecule has 0 amide bonds. The Morgan fingerprint density at radius 2 is 2.00 bits per heavy atom. The topological polar surface area (TPSA) is 83.4 Å². The Kier molecular flexibility index (Phi) is 3.42. The average molecular weight is 253 g/mol. The van der Waals surface area contributed by atoms with Gasteiger partial charge in [-0.2, -0.15) is 4.98 Å². The molecule has 0 aliphatic rings.